The number of halogens is 1. The SMILES string of the molecule is ClC1=C(/C=C/C2=CC(c3ccccc3)Oc3ccccc32)CCC/C1=C\C=C1\C=C(c2ccccc2)COc2ccccc21. The number of allylic oxidation sites excluding steroid dienone is 10. The van der Waals surface area contributed by atoms with Crippen molar-refractivity contribution >= 4 is 28.3 Å². The Morgan fingerprint density at radius 2 is 1.39 bits per heavy atom. The lowest BCUT2D eigenvalue weighted by Crippen LogP contribution is -2.10. The summed E-state index contributed by atoms with van der Waals surface area (Å²) < 4.78 is 12.6. The average molecular weight is 593 g/mol. The minimum Gasteiger partial charge on any atom is -0.488 e. The van der Waals surface area contributed by atoms with Crippen LogP contribution in [0.3, 0.4) is 0 Å². The van der Waals surface area contributed by atoms with E-state index < -0.39 is 0 Å². The fourth-order valence-electron chi connectivity index (χ4n) is 6.02. The maximum absolute atomic E-state index is 7.11. The summed E-state index contributed by atoms with van der Waals surface area (Å²) in [5.74, 6) is 1.79. The molecule has 1 aliphatic carbocycles. The Bertz CT molecular complexity index is 1860. The first kappa shape index (κ1) is 28.0. The molecule has 4 aromatic rings. The van der Waals surface area contributed by atoms with Crippen LogP contribution in [-0.4, -0.2) is 6.61 Å². The van der Waals surface area contributed by atoms with Gasteiger partial charge in [0.05, 0.1) is 0 Å². The summed E-state index contributed by atoms with van der Waals surface area (Å²) in [5.41, 5.74) is 10.2. The van der Waals surface area contributed by atoms with Crippen molar-refractivity contribution in [3.8, 4) is 11.5 Å². The lowest BCUT2D eigenvalue weighted by Gasteiger charge is -2.25. The number of benzene rings is 4. The van der Waals surface area contributed by atoms with E-state index in [1.165, 1.54) is 5.56 Å². The lowest BCUT2D eigenvalue weighted by molar-refractivity contribution is 0.251. The summed E-state index contributed by atoms with van der Waals surface area (Å²) in [6.45, 7) is 0.527. The summed E-state index contributed by atoms with van der Waals surface area (Å²) in [4.78, 5) is 0. The summed E-state index contributed by atoms with van der Waals surface area (Å²) >= 11 is 7.11. The van der Waals surface area contributed by atoms with Crippen molar-refractivity contribution in [2.24, 2.45) is 0 Å². The van der Waals surface area contributed by atoms with Crippen molar-refractivity contribution in [3.05, 3.63) is 184 Å². The first-order valence-electron chi connectivity index (χ1n) is 15.2. The Labute approximate surface area is 264 Å². The Morgan fingerprint density at radius 1 is 0.682 bits per heavy atom. The molecule has 0 N–H and O–H groups in total. The summed E-state index contributed by atoms with van der Waals surface area (Å²) in [5, 5.41) is 0.843. The highest BCUT2D eigenvalue weighted by molar-refractivity contribution is 6.32. The smallest absolute Gasteiger partial charge is 0.143 e. The van der Waals surface area contributed by atoms with Gasteiger partial charge in [0.15, 0.2) is 0 Å². The lowest BCUT2D eigenvalue weighted by atomic mass is 9.91. The maximum atomic E-state index is 7.11. The molecule has 7 rings (SSSR count). The Morgan fingerprint density at radius 3 is 2.20 bits per heavy atom. The molecule has 2 heterocycles. The highest BCUT2D eigenvalue weighted by Gasteiger charge is 2.21. The predicted octanol–water partition coefficient (Wildman–Crippen LogP) is 10.9. The van der Waals surface area contributed by atoms with Gasteiger partial charge in [-0.1, -0.05) is 133 Å². The van der Waals surface area contributed by atoms with Crippen LogP contribution in [0.1, 0.15) is 47.6 Å². The van der Waals surface area contributed by atoms with Crippen molar-refractivity contribution in [1.29, 1.82) is 0 Å². The minimum atomic E-state index is -0.135. The second-order valence-corrected chi connectivity index (χ2v) is 11.6. The van der Waals surface area contributed by atoms with Crippen molar-refractivity contribution in [2.45, 2.75) is 25.4 Å². The van der Waals surface area contributed by atoms with Crippen LogP contribution >= 0.6 is 11.6 Å². The van der Waals surface area contributed by atoms with E-state index in [0.29, 0.717) is 6.61 Å². The molecule has 0 spiro atoms. The van der Waals surface area contributed by atoms with Gasteiger partial charge < -0.3 is 9.47 Å². The molecule has 0 bridgehead atoms. The fraction of sp³-hybridized carbons (Fsp3) is 0.122. The molecule has 0 fully saturated rings. The van der Waals surface area contributed by atoms with E-state index in [1.807, 2.05) is 36.4 Å². The molecule has 0 amide bonds. The maximum Gasteiger partial charge on any atom is 0.143 e. The molecule has 44 heavy (non-hydrogen) atoms. The monoisotopic (exact) mass is 592 g/mol. The van der Waals surface area contributed by atoms with Crippen LogP contribution in [0, 0.1) is 0 Å². The molecule has 0 radical (unpaired) electrons. The third-order valence-corrected chi connectivity index (χ3v) is 8.84. The van der Waals surface area contributed by atoms with Gasteiger partial charge in [0, 0.05) is 16.2 Å². The summed E-state index contributed by atoms with van der Waals surface area (Å²) in [7, 11) is 0. The summed E-state index contributed by atoms with van der Waals surface area (Å²) in [6, 6.07) is 37.3. The van der Waals surface area contributed by atoms with Crippen LogP contribution in [0.5, 0.6) is 11.5 Å². The molecule has 1 atom stereocenters. The van der Waals surface area contributed by atoms with Crippen molar-refractivity contribution in [1.82, 2.24) is 0 Å². The van der Waals surface area contributed by atoms with Gasteiger partial charge in [0.1, 0.15) is 24.2 Å². The van der Waals surface area contributed by atoms with Crippen LogP contribution < -0.4 is 9.47 Å². The molecule has 0 saturated heterocycles. The van der Waals surface area contributed by atoms with Crippen LogP contribution in [0.2, 0.25) is 0 Å². The molecular weight excluding hydrogens is 560 g/mol. The van der Waals surface area contributed by atoms with Crippen LogP contribution in [-0.2, 0) is 0 Å². The number of hydrogen-bond acceptors (Lipinski definition) is 2. The molecular formula is C41H33ClO2. The summed E-state index contributed by atoms with van der Waals surface area (Å²) in [6.07, 6.45) is 16.1. The predicted molar refractivity (Wildman–Crippen MR) is 183 cm³/mol. The quantitative estimate of drug-likeness (QED) is 0.229. The van der Waals surface area contributed by atoms with Gasteiger partial charge in [0.2, 0.25) is 0 Å². The standard InChI is InChI=1S/C41H33ClO2/c42-41-31(22-24-33-26-35(29-12-3-1-4-13-29)28-43-38-20-9-7-18-36(33)38)16-11-17-32(41)23-25-34-27-40(30-14-5-2-6-15-30)44-39-21-10-8-19-37(34)39/h1-10,12-15,18-27,40H,11,16-17,28H2/b25-23+,31-22+,33-24-. The number of hydrogen-bond donors (Lipinski definition) is 0. The van der Waals surface area contributed by atoms with Crippen molar-refractivity contribution in [3.63, 3.8) is 0 Å². The molecule has 1 unspecified atom stereocenters. The highest BCUT2D eigenvalue weighted by Crippen LogP contribution is 2.40. The topological polar surface area (TPSA) is 18.5 Å². The van der Waals surface area contributed by atoms with Crippen LogP contribution in [0.25, 0.3) is 16.7 Å². The number of fused-ring (bicyclic) bond motifs is 2. The van der Waals surface area contributed by atoms with Crippen LogP contribution in [0.4, 0.5) is 0 Å². The first-order valence-corrected chi connectivity index (χ1v) is 15.6. The highest BCUT2D eigenvalue weighted by atomic mass is 35.5. The Hall–Kier alpha value is -4.79. The van der Waals surface area contributed by atoms with Crippen LogP contribution in [0.15, 0.2) is 162 Å². The van der Waals surface area contributed by atoms with Gasteiger partial charge in [0.25, 0.3) is 0 Å². The van der Waals surface area contributed by atoms with E-state index >= 15 is 0 Å². The van der Waals surface area contributed by atoms with Gasteiger partial charge in [-0.25, -0.2) is 0 Å². The zero-order valence-corrected chi connectivity index (χ0v) is 25.2. The zero-order chi connectivity index (χ0) is 29.7. The Balaban J connectivity index is 1.22. The number of rotatable bonds is 5. The largest absolute Gasteiger partial charge is 0.488 e. The Kier molecular flexibility index (Phi) is 8.17. The molecule has 3 aliphatic rings. The van der Waals surface area contributed by atoms with Gasteiger partial charge in [-0.3, -0.25) is 0 Å². The first-order chi connectivity index (χ1) is 21.7. The van der Waals surface area contributed by atoms with E-state index in [1.54, 1.807) is 0 Å². The molecule has 216 valence electrons. The van der Waals surface area contributed by atoms with Gasteiger partial charge >= 0.3 is 0 Å². The molecule has 4 aromatic carbocycles. The zero-order valence-electron chi connectivity index (χ0n) is 24.5. The van der Waals surface area contributed by atoms with Gasteiger partial charge in [-0.2, -0.15) is 0 Å². The third-order valence-electron chi connectivity index (χ3n) is 8.35. The second-order valence-electron chi connectivity index (χ2n) is 11.2. The third kappa shape index (κ3) is 6.00. The fourth-order valence-corrected chi connectivity index (χ4v) is 6.34. The average Bonchev–Trinajstić information content (AvgIpc) is 3.27. The second kappa shape index (κ2) is 12.8. The van der Waals surface area contributed by atoms with E-state index in [-0.39, 0.29) is 6.10 Å². The molecule has 3 heteroatoms. The molecule has 2 nitrogen and oxygen atoms in total. The van der Waals surface area contributed by atoms with E-state index in [2.05, 4.69) is 109 Å². The van der Waals surface area contributed by atoms with Crippen molar-refractivity contribution < 1.29 is 9.47 Å². The molecule has 2 aliphatic heterocycles. The molecule has 0 saturated carbocycles. The minimum absolute atomic E-state index is 0.135. The number of para-hydroxylation sites is 2. The molecule has 0 aromatic heterocycles. The van der Waals surface area contributed by atoms with Gasteiger partial charge in [-0.05, 0) is 82.5 Å². The van der Waals surface area contributed by atoms with E-state index in [9.17, 15) is 0 Å². The van der Waals surface area contributed by atoms with E-state index in [4.69, 9.17) is 21.1 Å². The van der Waals surface area contributed by atoms with Gasteiger partial charge in [-0.15, -0.1) is 0 Å². The van der Waals surface area contributed by atoms with Crippen molar-refractivity contribution in [2.75, 3.05) is 6.61 Å². The normalized spacial score (nSPS) is 19.9. The number of ether oxygens (including phenoxy) is 2. The van der Waals surface area contributed by atoms with E-state index in [0.717, 1.165) is 80.3 Å².